The quantitative estimate of drug-likeness (QED) is 0.363. The van der Waals surface area contributed by atoms with Gasteiger partial charge in [-0.1, -0.05) is 23.2 Å². The number of nitrogens with two attached hydrogens (primary N) is 1. The fraction of sp³-hybridized carbons (Fsp3) is 0. The second kappa shape index (κ2) is 3.17. The Bertz CT molecular complexity index is 254. The average Bonchev–Trinajstić information content (AvgIpc) is 1.99. The summed E-state index contributed by atoms with van der Waals surface area (Å²) in [7, 11) is 0. The van der Waals surface area contributed by atoms with Crippen molar-refractivity contribution in [3.63, 3.8) is 0 Å². The number of hydrazine groups is 1. The normalized spacial score (nSPS) is 9.73. The van der Waals surface area contributed by atoms with Gasteiger partial charge in [-0.15, -0.1) is 0 Å². The number of hydrogen-bond donors (Lipinski definition) is 3. The largest absolute Gasteiger partial charge is 0.505 e. The third kappa shape index (κ3) is 1.68. The second-order valence-electron chi connectivity index (χ2n) is 1.93. The maximum absolute atomic E-state index is 9.09. The van der Waals surface area contributed by atoms with Gasteiger partial charge < -0.3 is 10.5 Å². The zero-order valence-electron chi connectivity index (χ0n) is 5.44. The molecule has 0 heterocycles. The Hall–Kier alpha value is -0.640. The number of nitrogen functional groups attached to an aromatic ring is 1. The van der Waals surface area contributed by atoms with Crippen molar-refractivity contribution in [2.45, 2.75) is 0 Å². The first-order valence-electron chi connectivity index (χ1n) is 2.79. The Morgan fingerprint density at radius 1 is 1.27 bits per heavy atom. The molecule has 3 nitrogen and oxygen atoms in total. The third-order valence-corrected chi connectivity index (χ3v) is 1.76. The van der Waals surface area contributed by atoms with E-state index >= 15 is 0 Å². The fourth-order valence-electron chi connectivity index (χ4n) is 0.649. The second-order valence-corrected chi connectivity index (χ2v) is 2.75. The molecule has 0 spiro atoms. The minimum absolute atomic E-state index is 0.132. The fourth-order valence-corrected chi connectivity index (χ4v) is 1.14. The summed E-state index contributed by atoms with van der Waals surface area (Å²) in [5.74, 6) is 4.96. The lowest BCUT2D eigenvalue weighted by Gasteiger charge is -2.03. The maximum Gasteiger partial charge on any atom is 0.152 e. The molecule has 0 bridgehead atoms. The van der Waals surface area contributed by atoms with Crippen LogP contribution in [0.1, 0.15) is 0 Å². The Labute approximate surface area is 73.7 Å². The first-order valence-corrected chi connectivity index (χ1v) is 3.55. The molecule has 0 amide bonds. The number of benzene rings is 1. The number of phenols is 1. The Morgan fingerprint density at radius 3 is 2.09 bits per heavy atom. The number of halogens is 2. The van der Waals surface area contributed by atoms with Crippen molar-refractivity contribution in [2.75, 3.05) is 5.43 Å². The van der Waals surface area contributed by atoms with Gasteiger partial charge in [-0.05, 0) is 12.1 Å². The van der Waals surface area contributed by atoms with Crippen LogP contribution in [0, 0.1) is 0 Å². The molecule has 0 radical (unpaired) electrons. The van der Waals surface area contributed by atoms with E-state index in [9.17, 15) is 0 Å². The standard InChI is InChI=1S/C6H6Cl2N2O/c7-4-1-3(10-9)2-5(8)6(4)11/h1-2,10-11H,9H2. The summed E-state index contributed by atoms with van der Waals surface area (Å²) >= 11 is 11.1. The smallest absolute Gasteiger partial charge is 0.152 e. The van der Waals surface area contributed by atoms with Crippen LogP contribution in [0.2, 0.25) is 10.0 Å². The van der Waals surface area contributed by atoms with E-state index in [1.807, 2.05) is 0 Å². The zero-order valence-corrected chi connectivity index (χ0v) is 6.95. The number of rotatable bonds is 1. The van der Waals surface area contributed by atoms with E-state index in [1.54, 1.807) is 0 Å². The summed E-state index contributed by atoms with van der Waals surface area (Å²) in [5, 5.41) is 9.44. The van der Waals surface area contributed by atoms with Crippen molar-refractivity contribution in [3.05, 3.63) is 22.2 Å². The van der Waals surface area contributed by atoms with Gasteiger partial charge in [0.25, 0.3) is 0 Å². The molecule has 11 heavy (non-hydrogen) atoms. The molecule has 0 saturated carbocycles. The van der Waals surface area contributed by atoms with Gasteiger partial charge in [0.15, 0.2) is 5.75 Å². The molecule has 1 aromatic carbocycles. The van der Waals surface area contributed by atoms with Crippen molar-refractivity contribution >= 4 is 28.9 Å². The van der Waals surface area contributed by atoms with E-state index in [-0.39, 0.29) is 15.8 Å². The highest BCUT2D eigenvalue weighted by atomic mass is 35.5. The Balaban J connectivity index is 3.21. The van der Waals surface area contributed by atoms with Crippen LogP contribution in [0.5, 0.6) is 5.75 Å². The third-order valence-electron chi connectivity index (χ3n) is 1.18. The van der Waals surface area contributed by atoms with Gasteiger partial charge in [-0.2, -0.15) is 0 Å². The van der Waals surface area contributed by atoms with Crippen molar-refractivity contribution in [2.24, 2.45) is 5.84 Å². The summed E-state index contributed by atoms with van der Waals surface area (Å²) in [6.45, 7) is 0. The van der Waals surface area contributed by atoms with E-state index in [2.05, 4.69) is 5.43 Å². The van der Waals surface area contributed by atoms with Crippen molar-refractivity contribution < 1.29 is 5.11 Å². The number of aromatic hydroxyl groups is 1. The van der Waals surface area contributed by atoms with Crippen LogP contribution in [0.15, 0.2) is 12.1 Å². The first kappa shape index (κ1) is 8.46. The van der Waals surface area contributed by atoms with Gasteiger partial charge in [0.2, 0.25) is 0 Å². The highest BCUT2D eigenvalue weighted by Gasteiger charge is 2.04. The molecule has 0 saturated heterocycles. The molecule has 0 atom stereocenters. The lowest BCUT2D eigenvalue weighted by atomic mass is 10.3. The lowest BCUT2D eigenvalue weighted by Crippen LogP contribution is -2.06. The number of phenolic OH excluding ortho intramolecular Hbond substituents is 1. The van der Waals surface area contributed by atoms with Crippen LogP contribution in [0.25, 0.3) is 0 Å². The minimum atomic E-state index is -0.132. The van der Waals surface area contributed by atoms with Gasteiger partial charge in [0.1, 0.15) is 0 Å². The Morgan fingerprint density at radius 2 is 1.73 bits per heavy atom. The van der Waals surface area contributed by atoms with E-state index in [0.717, 1.165) is 0 Å². The van der Waals surface area contributed by atoms with Gasteiger partial charge in [-0.25, -0.2) is 0 Å². The molecule has 60 valence electrons. The predicted molar refractivity (Wildman–Crippen MR) is 45.9 cm³/mol. The summed E-state index contributed by atoms with van der Waals surface area (Å²) in [5.41, 5.74) is 2.91. The molecule has 0 aliphatic carbocycles. The molecule has 0 aliphatic heterocycles. The molecule has 0 fully saturated rings. The summed E-state index contributed by atoms with van der Waals surface area (Å²) in [6.07, 6.45) is 0. The highest BCUT2D eigenvalue weighted by Crippen LogP contribution is 2.34. The number of nitrogens with one attached hydrogen (secondary N) is 1. The first-order chi connectivity index (χ1) is 5.15. The molecule has 1 aromatic rings. The molecule has 5 heteroatoms. The van der Waals surface area contributed by atoms with E-state index in [4.69, 9.17) is 34.2 Å². The average molecular weight is 193 g/mol. The lowest BCUT2D eigenvalue weighted by molar-refractivity contribution is 0.476. The van der Waals surface area contributed by atoms with E-state index in [0.29, 0.717) is 5.69 Å². The SMILES string of the molecule is NNc1cc(Cl)c(O)c(Cl)c1. The molecular formula is C6H6Cl2N2O. The Kier molecular flexibility index (Phi) is 2.44. The zero-order chi connectivity index (χ0) is 8.43. The summed E-state index contributed by atoms with van der Waals surface area (Å²) in [4.78, 5) is 0. The summed E-state index contributed by atoms with van der Waals surface area (Å²) < 4.78 is 0. The predicted octanol–water partition coefficient (Wildman–Crippen LogP) is 1.98. The maximum atomic E-state index is 9.09. The van der Waals surface area contributed by atoms with E-state index < -0.39 is 0 Å². The van der Waals surface area contributed by atoms with Crippen LogP contribution < -0.4 is 11.3 Å². The van der Waals surface area contributed by atoms with Crippen LogP contribution in [0.4, 0.5) is 5.69 Å². The molecule has 0 aliphatic rings. The highest BCUT2D eigenvalue weighted by molar-refractivity contribution is 6.37. The molecular weight excluding hydrogens is 187 g/mol. The van der Waals surface area contributed by atoms with Crippen molar-refractivity contribution in [1.82, 2.24) is 0 Å². The van der Waals surface area contributed by atoms with Gasteiger partial charge in [0.05, 0.1) is 15.7 Å². The van der Waals surface area contributed by atoms with E-state index in [1.165, 1.54) is 12.1 Å². The van der Waals surface area contributed by atoms with Crippen LogP contribution in [-0.2, 0) is 0 Å². The van der Waals surface area contributed by atoms with Crippen LogP contribution >= 0.6 is 23.2 Å². The molecule has 4 N–H and O–H groups in total. The number of anilines is 1. The molecule has 0 unspecified atom stereocenters. The monoisotopic (exact) mass is 192 g/mol. The van der Waals surface area contributed by atoms with Crippen LogP contribution in [-0.4, -0.2) is 5.11 Å². The topological polar surface area (TPSA) is 58.3 Å². The van der Waals surface area contributed by atoms with Crippen LogP contribution in [0.3, 0.4) is 0 Å². The number of hydrogen-bond acceptors (Lipinski definition) is 3. The summed E-state index contributed by atoms with van der Waals surface area (Å²) in [6, 6.07) is 2.95. The molecule has 1 rings (SSSR count). The van der Waals surface area contributed by atoms with Gasteiger partial charge >= 0.3 is 0 Å². The van der Waals surface area contributed by atoms with Crippen molar-refractivity contribution in [3.8, 4) is 5.75 Å². The van der Waals surface area contributed by atoms with Gasteiger partial charge in [-0.3, -0.25) is 5.84 Å². The van der Waals surface area contributed by atoms with Gasteiger partial charge in [0, 0.05) is 0 Å². The van der Waals surface area contributed by atoms with Crippen molar-refractivity contribution in [1.29, 1.82) is 0 Å². The molecule has 0 aromatic heterocycles. The minimum Gasteiger partial charge on any atom is -0.505 e.